The highest BCUT2D eigenvalue weighted by Crippen LogP contribution is 2.24. The lowest BCUT2D eigenvalue weighted by Crippen LogP contribution is -2.23. The monoisotopic (exact) mass is 586 g/mol. The van der Waals surface area contributed by atoms with Crippen LogP contribution >= 0.6 is 15.9 Å². The van der Waals surface area contributed by atoms with Crippen LogP contribution in [0.3, 0.4) is 0 Å². The number of hydrogen-bond donors (Lipinski definition) is 0. The Kier molecular flexibility index (Phi) is 7.48. The van der Waals surface area contributed by atoms with Crippen LogP contribution in [0.5, 0.6) is 5.75 Å². The van der Waals surface area contributed by atoms with Gasteiger partial charge in [0, 0.05) is 38.6 Å². The van der Waals surface area contributed by atoms with E-state index in [0.29, 0.717) is 28.0 Å². The second kappa shape index (κ2) is 11.0. The molecule has 0 saturated carbocycles. The van der Waals surface area contributed by atoms with Gasteiger partial charge in [0.05, 0.1) is 17.1 Å². The molecule has 0 aliphatic rings. The Bertz CT molecular complexity index is 1750. The third-order valence-corrected chi connectivity index (χ3v) is 7.07. The van der Waals surface area contributed by atoms with Gasteiger partial charge in [0.25, 0.3) is 5.56 Å². The summed E-state index contributed by atoms with van der Waals surface area (Å²) in [5, 5.41) is 5.11. The van der Waals surface area contributed by atoms with Gasteiger partial charge >= 0.3 is 0 Å². The van der Waals surface area contributed by atoms with Gasteiger partial charge in [-0.15, -0.1) is 0 Å². The van der Waals surface area contributed by atoms with Crippen molar-refractivity contribution in [3.8, 4) is 11.4 Å². The summed E-state index contributed by atoms with van der Waals surface area (Å²) in [6, 6.07) is 21.8. The van der Waals surface area contributed by atoms with Crippen LogP contribution in [-0.4, -0.2) is 20.4 Å². The van der Waals surface area contributed by atoms with Crippen LogP contribution in [0.15, 0.2) is 87.2 Å². The van der Waals surface area contributed by atoms with Gasteiger partial charge in [-0.05, 0) is 68.4 Å². The van der Waals surface area contributed by atoms with Crippen molar-refractivity contribution in [1.82, 2.24) is 14.2 Å². The fourth-order valence-corrected chi connectivity index (χ4v) is 4.92. The third kappa shape index (κ3) is 5.43. The Morgan fingerprint density at radius 1 is 1.05 bits per heavy atom. The summed E-state index contributed by atoms with van der Waals surface area (Å²) in [6.07, 6.45) is 1.71. The van der Waals surface area contributed by atoms with Crippen molar-refractivity contribution in [2.24, 2.45) is 5.10 Å². The van der Waals surface area contributed by atoms with Crippen molar-refractivity contribution in [1.29, 1.82) is 0 Å². The van der Waals surface area contributed by atoms with E-state index in [2.05, 4.69) is 25.6 Å². The van der Waals surface area contributed by atoms with Crippen LogP contribution < -0.4 is 10.3 Å². The molecule has 8 heteroatoms. The van der Waals surface area contributed by atoms with Crippen LogP contribution in [0.2, 0.25) is 0 Å². The minimum atomic E-state index is -0.281. The van der Waals surface area contributed by atoms with Crippen molar-refractivity contribution in [3.63, 3.8) is 0 Å². The average Bonchev–Trinajstić information content (AvgIpc) is 3.20. The molecule has 0 amide bonds. The first-order valence-electron chi connectivity index (χ1n) is 12.6. The number of benzene rings is 3. The molecule has 6 nitrogen and oxygen atoms in total. The first-order valence-corrected chi connectivity index (χ1v) is 13.4. The number of nitrogens with zero attached hydrogens (tertiary/aromatic N) is 4. The summed E-state index contributed by atoms with van der Waals surface area (Å²) < 4.78 is 24.0. The van der Waals surface area contributed by atoms with Crippen molar-refractivity contribution in [3.05, 3.63) is 122 Å². The summed E-state index contributed by atoms with van der Waals surface area (Å²) in [7, 11) is 0. The zero-order chi connectivity index (χ0) is 27.7. The molecule has 2 heterocycles. The predicted octanol–water partition coefficient (Wildman–Crippen LogP) is 7.29. The van der Waals surface area contributed by atoms with Gasteiger partial charge in [-0.25, -0.2) is 9.37 Å². The normalized spacial score (nSPS) is 11.7. The lowest BCUT2D eigenvalue weighted by molar-refractivity contribution is 0.300. The minimum Gasteiger partial charge on any atom is -0.489 e. The van der Waals surface area contributed by atoms with Crippen LogP contribution in [0, 0.1) is 19.7 Å². The van der Waals surface area contributed by atoms with E-state index in [0.717, 1.165) is 27.1 Å². The highest BCUT2D eigenvalue weighted by molar-refractivity contribution is 9.10. The molecule has 5 rings (SSSR count). The third-order valence-electron chi connectivity index (χ3n) is 6.58. The smallest absolute Gasteiger partial charge is 0.282 e. The summed E-state index contributed by atoms with van der Waals surface area (Å²) in [5.74, 6) is 0.986. The fraction of sp³-hybridized carbons (Fsp3) is 0.194. The molecule has 0 bridgehead atoms. The van der Waals surface area contributed by atoms with E-state index >= 15 is 0 Å². The predicted molar refractivity (Wildman–Crippen MR) is 157 cm³/mol. The molecular formula is C31H28BrFN4O2. The van der Waals surface area contributed by atoms with E-state index in [1.807, 2.05) is 70.2 Å². The van der Waals surface area contributed by atoms with Gasteiger partial charge < -0.3 is 9.30 Å². The molecule has 0 aliphatic heterocycles. The Labute approximate surface area is 234 Å². The zero-order valence-corrected chi connectivity index (χ0v) is 23.7. The van der Waals surface area contributed by atoms with E-state index in [1.165, 1.54) is 10.7 Å². The van der Waals surface area contributed by atoms with Gasteiger partial charge in [0.15, 0.2) is 0 Å². The van der Waals surface area contributed by atoms with Crippen molar-refractivity contribution in [2.75, 3.05) is 0 Å². The molecule has 0 saturated heterocycles. The number of rotatable bonds is 7. The summed E-state index contributed by atoms with van der Waals surface area (Å²) in [5.41, 5.74) is 4.80. The number of ether oxygens (including phenoxy) is 1. The van der Waals surface area contributed by atoms with E-state index in [4.69, 9.17) is 9.72 Å². The molecule has 3 aromatic carbocycles. The summed E-state index contributed by atoms with van der Waals surface area (Å²) in [6.45, 7) is 8.18. The summed E-state index contributed by atoms with van der Waals surface area (Å²) in [4.78, 5) is 18.1. The molecule has 198 valence electrons. The van der Waals surface area contributed by atoms with Crippen LogP contribution in [0.25, 0.3) is 16.6 Å². The number of fused-ring (bicyclic) bond motifs is 1. The van der Waals surface area contributed by atoms with Crippen LogP contribution in [-0.2, 0) is 6.61 Å². The lowest BCUT2D eigenvalue weighted by Gasteiger charge is -2.12. The highest BCUT2D eigenvalue weighted by Gasteiger charge is 2.15. The molecule has 2 aromatic heterocycles. The molecule has 0 aliphatic carbocycles. The fourth-order valence-electron chi connectivity index (χ4n) is 4.55. The molecule has 0 atom stereocenters. The molecule has 0 unspecified atom stereocenters. The molecule has 5 aromatic rings. The second-order valence-electron chi connectivity index (χ2n) is 9.68. The van der Waals surface area contributed by atoms with E-state index in [9.17, 15) is 9.18 Å². The second-order valence-corrected chi connectivity index (χ2v) is 10.6. The Balaban J connectivity index is 1.43. The molecule has 0 spiro atoms. The van der Waals surface area contributed by atoms with Gasteiger partial charge in [0.2, 0.25) is 0 Å². The largest absolute Gasteiger partial charge is 0.489 e. The number of hydrogen-bond acceptors (Lipinski definition) is 4. The lowest BCUT2D eigenvalue weighted by atomic mass is 10.2. The number of aryl methyl sites for hydroxylation is 1. The van der Waals surface area contributed by atoms with Gasteiger partial charge in [0.1, 0.15) is 24.0 Å². The minimum absolute atomic E-state index is 0.00875. The molecule has 0 fully saturated rings. The number of halogens is 2. The summed E-state index contributed by atoms with van der Waals surface area (Å²) >= 11 is 3.44. The highest BCUT2D eigenvalue weighted by atomic mass is 79.9. The number of aromatic nitrogens is 3. The quantitative estimate of drug-likeness (QED) is 0.188. The van der Waals surface area contributed by atoms with Gasteiger partial charge in [-0.3, -0.25) is 4.79 Å². The maximum atomic E-state index is 13.9. The molecular weight excluding hydrogens is 559 g/mol. The SMILES string of the molecule is Cc1cc(C=Nn2c(C(C)C)nc3ccc(Br)cc3c2=O)c(C)n1-c1ccc(OCc2ccccc2F)cc1. The van der Waals surface area contributed by atoms with E-state index < -0.39 is 0 Å². The average molecular weight is 587 g/mol. The Hall–Kier alpha value is -4.04. The maximum absolute atomic E-state index is 13.9. The maximum Gasteiger partial charge on any atom is 0.282 e. The van der Waals surface area contributed by atoms with E-state index in [1.54, 1.807) is 30.5 Å². The topological polar surface area (TPSA) is 61.4 Å². The molecule has 0 N–H and O–H groups in total. The van der Waals surface area contributed by atoms with Gasteiger partial charge in [-0.2, -0.15) is 9.78 Å². The van der Waals surface area contributed by atoms with E-state index in [-0.39, 0.29) is 23.9 Å². The van der Waals surface area contributed by atoms with Gasteiger partial charge in [-0.1, -0.05) is 48.0 Å². The van der Waals surface area contributed by atoms with Crippen molar-refractivity contribution >= 4 is 33.0 Å². The first-order chi connectivity index (χ1) is 18.7. The first kappa shape index (κ1) is 26.6. The van der Waals surface area contributed by atoms with Crippen molar-refractivity contribution < 1.29 is 9.13 Å². The van der Waals surface area contributed by atoms with Crippen molar-refractivity contribution in [2.45, 2.75) is 40.2 Å². The molecule has 39 heavy (non-hydrogen) atoms. The molecule has 0 radical (unpaired) electrons. The standard InChI is InChI=1S/C31H28BrFN4O2/c1-19(2)30-35-29-14-9-24(32)16-27(29)31(38)37(30)34-17-23-15-20(3)36(21(23)4)25-10-12-26(13-11-25)39-18-22-7-5-6-8-28(22)33/h5-17,19H,18H2,1-4H3. The van der Waals surface area contributed by atoms with Crippen LogP contribution in [0.1, 0.15) is 48.1 Å². The van der Waals surface area contributed by atoms with Crippen LogP contribution in [0.4, 0.5) is 4.39 Å². The Morgan fingerprint density at radius 3 is 2.51 bits per heavy atom. The Morgan fingerprint density at radius 2 is 1.79 bits per heavy atom. The zero-order valence-electron chi connectivity index (χ0n) is 22.2.